The van der Waals surface area contributed by atoms with Gasteiger partial charge in [-0.1, -0.05) is 0 Å². The van der Waals surface area contributed by atoms with Gasteiger partial charge in [0.15, 0.2) is 0 Å². The average Bonchev–Trinajstić information content (AvgIpc) is 3.23. The van der Waals surface area contributed by atoms with E-state index >= 15 is 0 Å². The Hall–Kier alpha value is -0.360. The van der Waals surface area contributed by atoms with Crippen LogP contribution in [0.3, 0.4) is 0 Å². The molecule has 112 valence electrons. The Bertz CT molecular complexity index is 292. The number of nitrogens with two attached hydrogens (primary N) is 1. The highest BCUT2D eigenvalue weighted by molar-refractivity contribution is 5.85. The number of halogens is 1. The van der Waals surface area contributed by atoms with Crippen LogP contribution in [-0.4, -0.2) is 45.4 Å². The van der Waals surface area contributed by atoms with Gasteiger partial charge in [0.2, 0.25) is 5.91 Å². The number of nitrogens with one attached hydrogen (secondary N) is 1. The molecule has 1 saturated heterocycles. The average molecular weight is 293 g/mol. The summed E-state index contributed by atoms with van der Waals surface area (Å²) in [5, 5.41) is 3.14. The van der Waals surface area contributed by atoms with E-state index in [2.05, 4.69) is 5.32 Å². The molecule has 1 unspecified atom stereocenters. The second kappa shape index (κ2) is 7.43. The molecule has 0 aromatic heterocycles. The van der Waals surface area contributed by atoms with Crippen molar-refractivity contribution in [3.05, 3.63) is 0 Å². The van der Waals surface area contributed by atoms with Crippen LogP contribution < -0.4 is 11.1 Å². The topological polar surface area (TPSA) is 73.6 Å². The van der Waals surface area contributed by atoms with Gasteiger partial charge in [0.05, 0.1) is 18.1 Å². The van der Waals surface area contributed by atoms with Crippen molar-refractivity contribution in [3.63, 3.8) is 0 Å². The van der Waals surface area contributed by atoms with Gasteiger partial charge in [0, 0.05) is 26.9 Å². The summed E-state index contributed by atoms with van der Waals surface area (Å²) in [7, 11) is 1.68. The SMILES string of the molecule is COCC(NC(=O)C1(CN)CCOCC1)C1CC1.Cl. The van der Waals surface area contributed by atoms with Crippen molar-refractivity contribution in [2.75, 3.05) is 33.5 Å². The van der Waals surface area contributed by atoms with Crippen molar-refractivity contribution >= 4 is 18.3 Å². The van der Waals surface area contributed by atoms with Gasteiger partial charge in [-0.2, -0.15) is 0 Å². The molecule has 1 amide bonds. The lowest BCUT2D eigenvalue weighted by molar-refractivity contribution is -0.137. The highest BCUT2D eigenvalue weighted by atomic mass is 35.5. The molecule has 6 heteroatoms. The third-order valence-corrected chi connectivity index (χ3v) is 4.18. The molecule has 2 rings (SSSR count). The zero-order valence-corrected chi connectivity index (χ0v) is 12.3. The predicted molar refractivity (Wildman–Crippen MR) is 75.3 cm³/mol. The lowest BCUT2D eigenvalue weighted by Gasteiger charge is -2.36. The van der Waals surface area contributed by atoms with Crippen LogP contribution in [0.4, 0.5) is 0 Å². The van der Waals surface area contributed by atoms with Gasteiger partial charge in [0.25, 0.3) is 0 Å². The Morgan fingerprint density at radius 1 is 1.47 bits per heavy atom. The van der Waals surface area contributed by atoms with Gasteiger partial charge in [0.1, 0.15) is 0 Å². The van der Waals surface area contributed by atoms with Crippen LogP contribution in [0.15, 0.2) is 0 Å². The van der Waals surface area contributed by atoms with Gasteiger partial charge >= 0.3 is 0 Å². The third kappa shape index (κ3) is 4.05. The molecule has 0 aromatic rings. The molecule has 1 aliphatic heterocycles. The Labute approximate surface area is 121 Å². The summed E-state index contributed by atoms with van der Waals surface area (Å²) in [6, 6.07) is 0.147. The first-order chi connectivity index (χ1) is 8.72. The summed E-state index contributed by atoms with van der Waals surface area (Å²) in [6.07, 6.45) is 3.82. The van der Waals surface area contributed by atoms with Gasteiger partial charge in [-0.05, 0) is 31.6 Å². The first kappa shape index (κ1) is 16.7. The molecular formula is C13H25ClN2O3. The van der Waals surface area contributed by atoms with E-state index < -0.39 is 5.41 Å². The fraction of sp³-hybridized carbons (Fsp3) is 0.923. The minimum Gasteiger partial charge on any atom is -0.383 e. The Kier molecular flexibility index (Phi) is 6.53. The first-order valence-electron chi connectivity index (χ1n) is 6.79. The monoisotopic (exact) mass is 292 g/mol. The Balaban J connectivity index is 0.00000180. The molecule has 0 aromatic carbocycles. The molecule has 1 aliphatic carbocycles. The number of carbonyl (C=O) groups is 1. The summed E-state index contributed by atoms with van der Waals surface area (Å²) in [4.78, 5) is 12.5. The lowest BCUT2D eigenvalue weighted by Crippen LogP contribution is -2.53. The fourth-order valence-corrected chi connectivity index (χ4v) is 2.58. The number of carbonyl (C=O) groups excluding carboxylic acids is 1. The molecule has 1 saturated carbocycles. The maximum atomic E-state index is 12.5. The molecular weight excluding hydrogens is 268 g/mol. The Morgan fingerprint density at radius 2 is 2.11 bits per heavy atom. The summed E-state index contributed by atoms with van der Waals surface area (Å²) in [5.74, 6) is 0.672. The second-order valence-electron chi connectivity index (χ2n) is 5.47. The van der Waals surface area contributed by atoms with Crippen LogP contribution in [0.2, 0.25) is 0 Å². The van der Waals surface area contributed by atoms with Crippen molar-refractivity contribution in [1.82, 2.24) is 5.32 Å². The van der Waals surface area contributed by atoms with Gasteiger partial charge in [-0.3, -0.25) is 4.79 Å². The predicted octanol–water partition coefficient (Wildman–Crippen LogP) is 0.705. The minimum atomic E-state index is -0.431. The summed E-state index contributed by atoms with van der Waals surface area (Å²) < 4.78 is 10.5. The van der Waals surface area contributed by atoms with Crippen molar-refractivity contribution in [3.8, 4) is 0 Å². The molecule has 0 spiro atoms. The number of methoxy groups -OCH3 is 1. The quantitative estimate of drug-likeness (QED) is 0.756. The molecule has 19 heavy (non-hydrogen) atoms. The molecule has 0 bridgehead atoms. The standard InChI is InChI=1S/C13H24N2O3.ClH/c1-17-8-11(10-2-3-10)15-12(16)13(9-14)4-6-18-7-5-13;/h10-11H,2-9,14H2,1H3,(H,15,16);1H. The summed E-state index contributed by atoms with van der Waals surface area (Å²) >= 11 is 0. The number of rotatable bonds is 6. The van der Waals surface area contributed by atoms with E-state index in [1.54, 1.807) is 7.11 Å². The Morgan fingerprint density at radius 3 is 2.58 bits per heavy atom. The molecule has 2 aliphatic rings. The van der Waals surface area contributed by atoms with Crippen LogP contribution in [0, 0.1) is 11.3 Å². The highest BCUT2D eigenvalue weighted by Gasteiger charge is 2.41. The van der Waals surface area contributed by atoms with Crippen molar-refractivity contribution in [2.24, 2.45) is 17.1 Å². The highest BCUT2D eigenvalue weighted by Crippen LogP contribution is 2.35. The summed E-state index contributed by atoms with van der Waals surface area (Å²) in [6.45, 7) is 2.24. The van der Waals surface area contributed by atoms with Gasteiger partial charge in [-0.25, -0.2) is 0 Å². The largest absolute Gasteiger partial charge is 0.383 e. The van der Waals surface area contributed by atoms with Crippen LogP contribution >= 0.6 is 12.4 Å². The number of hydrogen-bond donors (Lipinski definition) is 2. The number of amides is 1. The lowest BCUT2D eigenvalue weighted by atomic mass is 9.79. The van der Waals surface area contributed by atoms with Crippen LogP contribution in [0.5, 0.6) is 0 Å². The molecule has 1 atom stereocenters. The number of hydrogen-bond acceptors (Lipinski definition) is 4. The zero-order valence-electron chi connectivity index (χ0n) is 11.5. The van der Waals surface area contributed by atoms with E-state index in [1.165, 1.54) is 12.8 Å². The van der Waals surface area contributed by atoms with Crippen molar-refractivity contribution in [2.45, 2.75) is 31.7 Å². The first-order valence-corrected chi connectivity index (χ1v) is 6.79. The summed E-state index contributed by atoms with van der Waals surface area (Å²) in [5.41, 5.74) is 5.40. The van der Waals surface area contributed by atoms with E-state index in [9.17, 15) is 4.79 Å². The second-order valence-corrected chi connectivity index (χ2v) is 5.47. The van der Waals surface area contributed by atoms with E-state index in [4.69, 9.17) is 15.2 Å². The molecule has 2 fully saturated rings. The van der Waals surface area contributed by atoms with Crippen molar-refractivity contribution < 1.29 is 14.3 Å². The van der Waals surface area contributed by atoms with E-state index in [1.807, 2.05) is 0 Å². The van der Waals surface area contributed by atoms with Crippen LogP contribution in [-0.2, 0) is 14.3 Å². The zero-order chi connectivity index (χ0) is 13.0. The molecule has 0 radical (unpaired) electrons. The smallest absolute Gasteiger partial charge is 0.227 e. The number of ether oxygens (including phenoxy) is 2. The van der Waals surface area contributed by atoms with Crippen LogP contribution in [0.25, 0.3) is 0 Å². The van der Waals surface area contributed by atoms with Crippen molar-refractivity contribution in [1.29, 1.82) is 0 Å². The maximum Gasteiger partial charge on any atom is 0.227 e. The normalized spacial score (nSPS) is 23.3. The fourth-order valence-electron chi connectivity index (χ4n) is 2.58. The third-order valence-electron chi connectivity index (χ3n) is 4.18. The van der Waals surface area contributed by atoms with E-state index in [0.717, 1.165) is 12.8 Å². The molecule has 3 N–H and O–H groups in total. The van der Waals surface area contributed by atoms with Gasteiger partial charge in [-0.15, -0.1) is 12.4 Å². The minimum absolute atomic E-state index is 0. The van der Waals surface area contributed by atoms with Gasteiger partial charge < -0.3 is 20.5 Å². The van der Waals surface area contributed by atoms with E-state index in [0.29, 0.717) is 32.3 Å². The van der Waals surface area contributed by atoms with Crippen LogP contribution in [0.1, 0.15) is 25.7 Å². The maximum absolute atomic E-state index is 12.5. The molecule has 1 heterocycles. The molecule has 5 nitrogen and oxygen atoms in total. The van der Waals surface area contributed by atoms with E-state index in [-0.39, 0.29) is 24.4 Å².